The highest BCUT2D eigenvalue weighted by Crippen LogP contribution is 2.11. The summed E-state index contributed by atoms with van der Waals surface area (Å²) in [6.45, 7) is 3.28. The van der Waals surface area contributed by atoms with Gasteiger partial charge in [-0.05, 0) is 19.4 Å². The van der Waals surface area contributed by atoms with E-state index in [-0.39, 0.29) is 19.5 Å². The van der Waals surface area contributed by atoms with Crippen molar-refractivity contribution in [3.8, 4) is 0 Å². The van der Waals surface area contributed by atoms with Gasteiger partial charge in [0.1, 0.15) is 6.04 Å². The summed E-state index contributed by atoms with van der Waals surface area (Å²) in [6.07, 6.45) is -0.0308. The monoisotopic (exact) mass is 333 g/mol. The lowest BCUT2D eigenvalue weighted by atomic mass is 10.1. The molecule has 0 unspecified atom stereocenters. The summed E-state index contributed by atoms with van der Waals surface area (Å²) in [4.78, 5) is 48.8. The molecule has 1 aromatic carbocycles. The van der Waals surface area contributed by atoms with Crippen LogP contribution in [0.3, 0.4) is 0 Å². The maximum absolute atomic E-state index is 12.5. The smallest absolute Gasteiger partial charge is 0.337 e. The summed E-state index contributed by atoms with van der Waals surface area (Å²) in [6, 6.07) is 7.32. The molecule has 1 heterocycles. The van der Waals surface area contributed by atoms with Crippen LogP contribution in [0.15, 0.2) is 44.7 Å². The van der Waals surface area contributed by atoms with Gasteiger partial charge >= 0.3 is 23.0 Å². The number of hydrogen-bond donors (Lipinski definition) is 1. The maximum atomic E-state index is 12.5. The van der Waals surface area contributed by atoms with E-state index in [9.17, 15) is 24.3 Å². The third kappa shape index (κ3) is 3.08. The molecule has 2 aromatic rings. The lowest BCUT2D eigenvalue weighted by molar-refractivity contribution is -0.141. The summed E-state index contributed by atoms with van der Waals surface area (Å²) >= 11 is 0. The van der Waals surface area contributed by atoms with Gasteiger partial charge in [0, 0.05) is 19.5 Å². The van der Waals surface area contributed by atoms with E-state index in [1.165, 1.54) is 0 Å². The zero-order chi connectivity index (χ0) is 17.9. The largest absolute Gasteiger partial charge is 0.480 e. The van der Waals surface area contributed by atoms with Crippen molar-refractivity contribution in [3.63, 3.8) is 0 Å². The Hall–Kier alpha value is -2.90. The standard InChI is InChI=1S/C16H19N3O5/c1-3-17-14(22)18(4-2)16(24)19(15(17)23)12(13(20)21)10-11-8-6-5-7-9-11/h5-9,12H,3-4,10H2,1-2H3,(H,20,21)/t12-/m0/s1. The van der Waals surface area contributed by atoms with Crippen molar-refractivity contribution in [1.29, 1.82) is 0 Å². The van der Waals surface area contributed by atoms with E-state index in [1.54, 1.807) is 44.2 Å². The molecule has 8 nitrogen and oxygen atoms in total. The second-order valence-corrected chi connectivity index (χ2v) is 5.25. The van der Waals surface area contributed by atoms with E-state index in [2.05, 4.69) is 0 Å². The highest BCUT2D eigenvalue weighted by atomic mass is 16.4. The number of nitrogens with zero attached hydrogens (tertiary/aromatic N) is 3. The summed E-state index contributed by atoms with van der Waals surface area (Å²) in [5.74, 6) is -1.30. The minimum atomic E-state index is -1.39. The molecular weight excluding hydrogens is 314 g/mol. The van der Waals surface area contributed by atoms with Gasteiger partial charge in [0.05, 0.1) is 0 Å². The molecule has 0 saturated heterocycles. The molecule has 0 fully saturated rings. The van der Waals surface area contributed by atoms with Crippen molar-refractivity contribution in [1.82, 2.24) is 13.7 Å². The number of rotatable bonds is 6. The fourth-order valence-corrected chi connectivity index (χ4v) is 2.59. The summed E-state index contributed by atoms with van der Waals surface area (Å²) in [5.41, 5.74) is -1.86. The Labute approximate surface area is 137 Å². The van der Waals surface area contributed by atoms with E-state index in [0.717, 1.165) is 9.13 Å². The number of hydrogen-bond acceptors (Lipinski definition) is 4. The Morgan fingerprint density at radius 2 is 1.46 bits per heavy atom. The number of benzene rings is 1. The molecule has 0 saturated carbocycles. The third-order valence-corrected chi connectivity index (χ3v) is 3.84. The second-order valence-electron chi connectivity index (χ2n) is 5.25. The molecule has 1 N–H and O–H groups in total. The van der Waals surface area contributed by atoms with Crippen molar-refractivity contribution in [2.75, 3.05) is 0 Å². The molecular formula is C16H19N3O5. The Balaban J connectivity index is 2.71. The lowest BCUT2D eigenvalue weighted by Crippen LogP contribution is -2.56. The fourth-order valence-electron chi connectivity index (χ4n) is 2.59. The predicted octanol–water partition coefficient (Wildman–Crippen LogP) is 0.0799. The Morgan fingerprint density at radius 3 is 1.88 bits per heavy atom. The van der Waals surface area contributed by atoms with Gasteiger partial charge in [-0.2, -0.15) is 0 Å². The van der Waals surface area contributed by atoms with Gasteiger partial charge < -0.3 is 5.11 Å². The molecule has 0 aliphatic carbocycles. The average Bonchev–Trinajstić information content (AvgIpc) is 2.55. The van der Waals surface area contributed by atoms with Crippen LogP contribution in [0.4, 0.5) is 0 Å². The molecule has 0 aliphatic heterocycles. The van der Waals surface area contributed by atoms with Crippen LogP contribution in [-0.4, -0.2) is 24.8 Å². The Bertz CT molecular complexity index is 866. The number of aliphatic carboxylic acids is 1. The molecule has 8 heteroatoms. The minimum Gasteiger partial charge on any atom is -0.480 e. The highest BCUT2D eigenvalue weighted by Gasteiger charge is 2.26. The first kappa shape index (κ1) is 17.5. The molecule has 24 heavy (non-hydrogen) atoms. The first-order valence-corrected chi connectivity index (χ1v) is 7.65. The van der Waals surface area contributed by atoms with Crippen molar-refractivity contribution < 1.29 is 9.90 Å². The van der Waals surface area contributed by atoms with Crippen molar-refractivity contribution >= 4 is 5.97 Å². The molecule has 0 aliphatic rings. The quantitative estimate of drug-likeness (QED) is 0.806. The van der Waals surface area contributed by atoms with Gasteiger partial charge in [-0.15, -0.1) is 0 Å². The van der Waals surface area contributed by atoms with Crippen LogP contribution in [0, 0.1) is 0 Å². The average molecular weight is 333 g/mol. The molecule has 1 atom stereocenters. The normalized spacial score (nSPS) is 12.1. The third-order valence-electron chi connectivity index (χ3n) is 3.84. The predicted molar refractivity (Wildman–Crippen MR) is 87.4 cm³/mol. The fraction of sp³-hybridized carbons (Fsp3) is 0.375. The van der Waals surface area contributed by atoms with Gasteiger partial charge in [0.2, 0.25) is 0 Å². The van der Waals surface area contributed by atoms with E-state index < -0.39 is 29.1 Å². The Kier molecular flexibility index (Phi) is 5.18. The Morgan fingerprint density at radius 1 is 0.958 bits per heavy atom. The number of aromatic nitrogens is 3. The molecule has 0 amide bonds. The minimum absolute atomic E-state index is 0.0308. The van der Waals surface area contributed by atoms with Gasteiger partial charge in [-0.25, -0.2) is 32.9 Å². The number of carboxylic acids is 1. The van der Waals surface area contributed by atoms with Crippen molar-refractivity contribution in [2.24, 2.45) is 0 Å². The second kappa shape index (κ2) is 7.12. The zero-order valence-electron chi connectivity index (χ0n) is 13.5. The lowest BCUT2D eigenvalue weighted by Gasteiger charge is -2.18. The molecule has 0 bridgehead atoms. The molecule has 128 valence electrons. The maximum Gasteiger partial charge on any atom is 0.337 e. The summed E-state index contributed by atoms with van der Waals surface area (Å²) in [5, 5.41) is 9.54. The SMILES string of the molecule is CCn1c(=O)n(CC)c(=O)n([C@@H](Cc2ccccc2)C(=O)O)c1=O. The number of carbonyl (C=O) groups is 1. The van der Waals surface area contributed by atoms with Crippen LogP contribution in [0.2, 0.25) is 0 Å². The summed E-state index contributed by atoms with van der Waals surface area (Å²) < 4.78 is 2.39. The topological polar surface area (TPSA) is 103 Å². The van der Waals surface area contributed by atoms with Gasteiger partial charge in [0.25, 0.3) is 0 Å². The zero-order valence-corrected chi connectivity index (χ0v) is 13.5. The van der Waals surface area contributed by atoms with Crippen LogP contribution in [0.1, 0.15) is 25.5 Å². The first-order chi connectivity index (χ1) is 11.4. The van der Waals surface area contributed by atoms with E-state index in [4.69, 9.17) is 0 Å². The van der Waals surface area contributed by atoms with E-state index in [1.807, 2.05) is 0 Å². The van der Waals surface area contributed by atoms with Crippen LogP contribution in [0.25, 0.3) is 0 Å². The van der Waals surface area contributed by atoms with Crippen LogP contribution < -0.4 is 17.1 Å². The number of carboxylic acid groups (broad SMARTS) is 1. The first-order valence-electron chi connectivity index (χ1n) is 7.65. The van der Waals surface area contributed by atoms with Crippen LogP contribution in [-0.2, 0) is 24.3 Å². The summed E-state index contributed by atoms with van der Waals surface area (Å²) in [7, 11) is 0. The van der Waals surface area contributed by atoms with Gasteiger partial charge in [-0.1, -0.05) is 30.3 Å². The molecule has 0 radical (unpaired) electrons. The molecule has 0 spiro atoms. The van der Waals surface area contributed by atoms with E-state index >= 15 is 0 Å². The van der Waals surface area contributed by atoms with E-state index in [0.29, 0.717) is 10.1 Å². The molecule has 2 rings (SSSR count). The van der Waals surface area contributed by atoms with Crippen LogP contribution in [0.5, 0.6) is 0 Å². The van der Waals surface area contributed by atoms with Crippen molar-refractivity contribution in [3.05, 3.63) is 67.3 Å². The highest BCUT2D eigenvalue weighted by molar-refractivity contribution is 5.72. The van der Waals surface area contributed by atoms with Crippen molar-refractivity contribution in [2.45, 2.75) is 39.4 Å². The molecule has 1 aromatic heterocycles. The van der Waals surface area contributed by atoms with Gasteiger partial charge in [0.15, 0.2) is 0 Å². The van der Waals surface area contributed by atoms with Crippen LogP contribution >= 0.6 is 0 Å². The van der Waals surface area contributed by atoms with Gasteiger partial charge in [-0.3, -0.25) is 0 Å².